The SMILES string of the molecule is CC#N.CN1C(C(=O)Nc2ccccn2)=C([O-])c2ccccc2S1(=O)=O.CN1C(C(=O)Nc2ccccn2)=C([O-])c2ccccc2S1(=O)=O.c1c[nH+]c[nH]1.c1c[nH+]c[nH]1. The Hall–Kier alpha value is -7.83. The minimum Gasteiger partial charge on any atom is -0.870 e. The number of imidazole rings is 2. The van der Waals surface area contributed by atoms with Gasteiger partial charge in [-0.3, -0.25) is 38.1 Å². The van der Waals surface area contributed by atoms with Crippen molar-refractivity contribution in [2.24, 2.45) is 0 Å². The third-order valence-electron chi connectivity index (χ3n) is 7.73. The fourth-order valence-electron chi connectivity index (χ4n) is 5.03. The number of sulfonamides is 2. The van der Waals surface area contributed by atoms with Gasteiger partial charge in [0.15, 0.2) is 0 Å². The average molecular weight is 840 g/mol. The summed E-state index contributed by atoms with van der Waals surface area (Å²) in [6.07, 6.45) is 13.7. The first-order valence-electron chi connectivity index (χ1n) is 17.0. The summed E-state index contributed by atoms with van der Waals surface area (Å²) in [4.78, 5) is 43.6. The summed E-state index contributed by atoms with van der Waals surface area (Å²) in [6.45, 7) is 1.43. The molecule has 8 rings (SSSR count). The van der Waals surface area contributed by atoms with E-state index in [9.17, 15) is 36.6 Å². The molecule has 4 aromatic heterocycles. The summed E-state index contributed by atoms with van der Waals surface area (Å²) in [5.74, 6) is -2.49. The molecule has 6 N–H and O–H groups in total. The van der Waals surface area contributed by atoms with Gasteiger partial charge < -0.3 is 20.8 Å². The van der Waals surface area contributed by atoms with E-state index in [-0.39, 0.29) is 32.6 Å². The van der Waals surface area contributed by atoms with E-state index in [1.165, 1.54) is 81.9 Å². The molecule has 59 heavy (non-hydrogen) atoms. The van der Waals surface area contributed by atoms with Gasteiger partial charge in [-0.15, -0.1) is 0 Å². The van der Waals surface area contributed by atoms with Gasteiger partial charge in [0.1, 0.15) is 47.8 Å². The molecule has 2 amide bonds. The Balaban J connectivity index is 0.000000200. The molecule has 19 nitrogen and oxygen atoms in total. The average Bonchev–Trinajstić information content (AvgIpc) is 4.03. The third kappa shape index (κ3) is 10.7. The zero-order valence-corrected chi connectivity index (χ0v) is 33.2. The molecule has 0 spiro atoms. The molecular formula is C38H37N11O8S2. The van der Waals surface area contributed by atoms with Crippen molar-refractivity contribution in [3.63, 3.8) is 0 Å². The number of carbonyl (C=O) groups excluding carboxylic acids is 2. The number of aromatic nitrogens is 6. The van der Waals surface area contributed by atoms with Gasteiger partial charge in [-0.2, -0.15) is 5.26 Å². The molecule has 21 heteroatoms. The molecule has 6 heterocycles. The number of nitrogens with one attached hydrogen (secondary N) is 6. The van der Waals surface area contributed by atoms with E-state index in [1.807, 2.05) is 24.8 Å². The van der Waals surface area contributed by atoms with Gasteiger partial charge in [0, 0.05) is 33.4 Å². The molecule has 6 aromatic rings. The highest BCUT2D eigenvalue weighted by molar-refractivity contribution is 7.89. The normalized spacial score (nSPS) is 13.9. The van der Waals surface area contributed by atoms with Gasteiger partial charge in [-0.25, -0.2) is 26.8 Å². The highest BCUT2D eigenvalue weighted by Gasteiger charge is 2.35. The Bertz CT molecular complexity index is 2440. The number of hydrogen-bond donors (Lipinski definition) is 4. The Labute approximate surface area is 339 Å². The van der Waals surface area contributed by atoms with Crippen LogP contribution < -0.4 is 30.8 Å². The van der Waals surface area contributed by atoms with Crippen molar-refractivity contribution >= 4 is 55.0 Å². The number of hydrogen-bond acceptors (Lipinski definition) is 11. The van der Waals surface area contributed by atoms with Crippen molar-refractivity contribution < 1.29 is 46.6 Å². The zero-order valence-electron chi connectivity index (χ0n) is 31.5. The Morgan fingerprint density at radius 3 is 1.31 bits per heavy atom. The van der Waals surface area contributed by atoms with Crippen LogP contribution in [0.2, 0.25) is 0 Å². The molecule has 2 aliphatic heterocycles. The molecule has 0 bridgehead atoms. The van der Waals surface area contributed by atoms with Crippen LogP contribution in [0, 0.1) is 11.3 Å². The molecule has 0 atom stereocenters. The number of nitrogens with zero attached hydrogens (tertiary/aromatic N) is 5. The summed E-state index contributed by atoms with van der Waals surface area (Å²) in [5, 5.41) is 37.2. The number of H-pyrrole nitrogens is 4. The van der Waals surface area contributed by atoms with Gasteiger partial charge >= 0.3 is 0 Å². The molecule has 2 aliphatic rings. The minimum atomic E-state index is -3.95. The van der Waals surface area contributed by atoms with Gasteiger partial charge in [0.2, 0.25) is 12.7 Å². The molecular weight excluding hydrogens is 803 g/mol. The summed E-state index contributed by atoms with van der Waals surface area (Å²) >= 11 is 0. The van der Waals surface area contributed by atoms with Crippen LogP contribution in [0.4, 0.5) is 11.6 Å². The lowest BCUT2D eigenvalue weighted by Crippen LogP contribution is -2.39. The number of aromatic amines is 4. The number of benzene rings is 2. The number of amides is 2. The Morgan fingerprint density at radius 1 is 0.661 bits per heavy atom. The van der Waals surface area contributed by atoms with Gasteiger partial charge in [0.25, 0.3) is 31.9 Å². The van der Waals surface area contributed by atoms with Crippen LogP contribution in [0.5, 0.6) is 0 Å². The molecule has 304 valence electrons. The second-order valence-electron chi connectivity index (χ2n) is 11.5. The van der Waals surface area contributed by atoms with Crippen molar-refractivity contribution in [1.29, 1.82) is 5.26 Å². The minimum absolute atomic E-state index is 0.0169. The van der Waals surface area contributed by atoms with Gasteiger partial charge in [0.05, 0.1) is 15.9 Å². The van der Waals surface area contributed by atoms with E-state index < -0.39 is 54.8 Å². The van der Waals surface area contributed by atoms with Crippen LogP contribution in [0.15, 0.2) is 156 Å². The second-order valence-corrected chi connectivity index (χ2v) is 15.4. The maximum absolute atomic E-state index is 12.5. The van der Waals surface area contributed by atoms with E-state index in [1.54, 1.807) is 55.1 Å². The lowest BCUT2D eigenvalue weighted by molar-refractivity contribution is -0.376. The van der Waals surface area contributed by atoms with E-state index in [4.69, 9.17) is 5.26 Å². The van der Waals surface area contributed by atoms with Crippen LogP contribution in [0.3, 0.4) is 0 Å². The quantitative estimate of drug-likeness (QED) is 0.194. The number of nitriles is 1. The largest absolute Gasteiger partial charge is 0.870 e. The topological polar surface area (TPSA) is 289 Å². The Morgan fingerprint density at radius 2 is 1.02 bits per heavy atom. The molecule has 0 saturated carbocycles. The van der Waals surface area contributed by atoms with Crippen LogP contribution in [0.1, 0.15) is 18.1 Å². The van der Waals surface area contributed by atoms with Crippen molar-refractivity contribution in [3.8, 4) is 6.07 Å². The van der Waals surface area contributed by atoms with E-state index in [0.717, 1.165) is 0 Å². The van der Waals surface area contributed by atoms with Crippen molar-refractivity contribution in [2.45, 2.75) is 16.7 Å². The Kier molecular flexibility index (Phi) is 15.2. The van der Waals surface area contributed by atoms with Gasteiger partial charge in [-0.05, 0) is 47.5 Å². The van der Waals surface area contributed by atoms with Crippen molar-refractivity contribution in [2.75, 3.05) is 24.7 Å². The predicted octanol–water partition coefficient (Wildman–Crippen LogP) is 0.954. The fourth-order valence-corrected chi connectivity index (χ4v) is 7.81. The monoisotopic (exact) mass is 839 g/mol. The maximum atomic E-state index is 12.5. The molecule has 0 radical (unpaired) electrons. The summed E-state index contributed by atoms with van der Waals surface area (Å²) in [6, 6.07) is 23.1. The van der Waals surface area contributed by atoms with Crippen LogP contribution in [0.25, 0.3) is 11.5 Å². The maximum Gasteiger partial charge on any atom is 0.273 e. The van der Waals surface area contributed by atoms with Gasteiger partial charge in [-0.1, -0.05) is 60.0 Å². The number of likely N-dealkylation sites (N-methyl/N-ethyl adjacent to an activating group) is 2. The highest BCUT2D eigenvalue weighted by atomic mass is 32.2. The number of pyridine rings is 2. The van der Waals surface area contributed by atoms with E-state index in [0.29, 0.717) is 8.61 Å². The molecule has 0 aliphatic carbocycles. The molecule has 0 fully saturated rings. The van der Waals surface area contributed by atoms with Crippen LogP contribution >= 0.6 is 0 Å². The zero-order chi connectivity index (χ0) is 43.0. The number of fused-ring (bicyclic) bond motifs is 2. The lowest BCUT2D eigenvalue weighted by atomic mass is 10.1. The summed E-state index contributed by atoms with van der Waals surface area (Å²) in [7, 11) is -5.54. The predicted molar refractivity (Wildman–Crippen MR) is 208 cm³/mol. The molecule has 0 unspecified atom stereocenters. The fraction of sp³-hybridized carbons (Fsp3) is 0.0789. The van der Waals surface area contributed by atoms with Crippen LogP contribution in [-0.2, 0) is 29.6 Å². The standard InChI is InChI=1S/2C15H13N3O4S.2C3H4N2.C2H3N/c2*1-18-13(15(20)17-12-8-4-5-9-16-12)14(19)10-6-2-3-7-11(10)23(18,21)22;2*1-2-5-3-4-1;1-2-3/h2*2-9,19H,1H3,(H,16,17,20);2*1-3H,(H,4,5);1H3. The van der Waals surface area contributed by atoms with Crippen LogP contribution in [-0.4, -0.2) is 71.3 Å². The second kappa shape index (κ2) is 20.4. The van der Waals surface area contributed by atoms with Crippen molar-refractivity contribution in [1.82, 2.24) is 28.5 Å². The summed E-state index contributed by atoms with van der Waals surface area (Å²) in [5.41, 5.74) is -0.961. The van der Waals surface area contributed by atoms with E-state index in [2.05, 4.69) is 40.5 Å². The first-order valence-corrected chi connectivity index (χ1v) is 19.9. The number of rotatable bonds is 4. The number of anilines is 2. The first kappa shape index (κ1) is 43.9. The van der Waals surface area contributed by atoms with E-state index >= 15 is 0 Å². The third-order valence-corrected chi connectivity index (χ3v) is 11.4. The molecule has 0 saturated heterocycles. The number of carbonyl (C=O) groups is 2. The smallest absolute Gasteiger partial charge is 0.273 e. The first-order chi connectivity index (χ1) is 28.3. The van der Waals surface area contributed by atoms with Crippen molar-refractivity contribution in [3.05, 3.63) is 157 Å². The highest BCUT2D eigenvalue weighted by Crippen LogP contribution is 2.34. The summed E-state index contributed by atoms with van der Waals surface area (Å²) < 4.78 is 51.3. The lowest BCUT2D eigenvalue weighted by Gasteiger charge is -2.33. The molecule has 2 aromatic carbocycles.